The van der Waals surface area contributed by atoms with Crippen LogP contribution in [0.15, 0.2) is 87.8 Å². The molecule has 1 amide bonds. The lowest BCUT2D eigenvalue weighted by molar-refractivity contribution is -0.108. The van der Waals surface area contributed by atoms with Crippen molar-refractivity contribution in [3.8, 4) is 17.2 Å². The molecule has 39 heavy (non-hydrogen) atoms. The van der Waals surface area contributed by atoms with Crippen LogP contribution in [0.3, 0.4) is 0 Å². The average molecular weight is 526 g/mol. The Bertz CT molecular complexity index is 1500. The molecule has 0 saturated heterocycles. The van der Waals surface area contributed by atoms with Crippen LogP contribution in [0.1, 0.15) is 43.2 Å². The highest BCUT2D eigenvalue weighted by molar-refractivity contribution is 5.80. The minimum Gasteiger partial charge on any atom is -0.508 e. The maximum absolute atomic E-state index is 13.4. The number of anilines is 1. The molecule has 0 atom stereocenters. The molecule has 200 valence electrons. The molecule has 0 bridgehead atoms. The Morgan fingerprint density at radius 3 is 2.38 bits per heavy atom. The van der Waals surface area contributed by atoms with Crippen molar-refractivity contribution >= 4 is 23.6 Å². The first-order chi connectivity index (χ1) is 19.0. The van der Waals surface area contributed by atoms with Gasteiger partial charge in [-0.05, 0) is 79.3 Å². The van der Waals surface area contributed by atoms with E-state index in [2.05, 4.69) is 15.3 Å². The number of aryl methyl sites for hydroxylation is 2. The van der Waals surface area contributed by atoms with Crippen molar-refractivity contribution in [2.24, 2.45) is 10.2 Å². The number of aromatic hydroxyl groups is 2. The summed E-state index contributed by atoms with van der Waals surface area (Å²) < 4.78 is 1.39. The van der Waals surface area contributed by atoms with E-state index in [1.54, 1.807) is 11.0 Å². The number of azo groups is 1. The van der Waals surface area contributed by atoms with Crippen LogP contribution >= 0.6 is 0 Å². The second-order valence-electron chi connectivity index (χ2n) is 9.77. The molecular formula is C30H31N5O4. The number of nitrogens with zero attached hydrogens (tertiary/aromatic N) is 4. The van der Waals surface area contributed by atoms with Crippen molar-refractivity contribution in [3.05, 3.63) is 94.3 Å². The zero-order chi connectivity index (χ0) is 27.2. The molecule has 1 saturated carbocycles. The third kappa shape index (κ3) is 5.93. The third-order valence-corrected chi connectivity index (χ3v) is 7.15. The number of nitrogens with one attached hydrogen (secondary N) is 1. The largest absolute Gasteiger partial charge is 0.508 e. The summed E-state index contributed by atoms with van der Waals surface area (Å²) in [7, 11) is 0. The highest BCUT2D eigenvalue weighted by Gasteiger charge is 2.27. The number of para-hydroxylation sites is 1. The number of benzene rings is 3. The molecule has 1 aliphatic rings. The number of carbonyl (C=O) groups excluding carboxylic acids is 1. The van der Waals surface area contributed by atoms with Crippen molar-refractivity contribution in [1.29, 1.82) is 0 Å². The fraction of sp³-hybridized carbons (Fsp3) is 0.267. The molecule has 1 aromatic heterocycles. The molecular weight excluding hydrogens is 494 g/mol. The van der Waals surface area contributed by atoms with Gasteiger partial charge < -0.3 is 10.2 Å². The first-order valence-electron chi connectivity index (χ1n) is 13.2. The van der Waals surface area contributed by atoms with Crippen molar-refractivity contribution in [2.75, 3.05) is 4.90 Å². The molecule has 0 spiro atoms. The lowest BCUT2D eigenvalue weighted by Gasteiger charge is -2.30. The quantitative estimate of drug-likeness (QED) is 0.139. The molecule has 9 heteroatoms. The van der Waals surface area contributed by atoms with Gasteiger partial charge in [-0.2, -0.15) is 5.11 Å². The highest BCUT2D eigenvalue weighted by Crippen LogP contribution is 2.32. The number of carbonyl (C=O) groups is 1. The average Bonchev–Trinajstić information content (AvgIpc) is 3.30. The minimum atomic E-state index is -0.384. The number of phenols is 2. The number of H-pyrrole nitrogens is 1. The van der Waals surface area contributed by atoms with Gasteiger partial charge in [-0.1, -0.05) is 49.6 Å². The molecule has 4 aromatic rings. The number of aromatic amines is 1. The Morgan fingerprint density at radius 1 is 0.923 bits per heavy atom. The third-order valence-electron chi connectivity index (χ3n) is 7.15. The summed E-state index contributed by atoms with van der Waals surface area (Å²) in [5.74, 6) is 0.613. The molecule has 9 nitrogen and oxygen atoms in total. The topological polar surface area (TPSA) is 123 Å². The number of hydrogen-bond acceptors (Lipinski definition) is 6. The summed E-state index contributed by atoms with van der Waals surface area (Å²) in [6.07, 6.45) is 6.95. The summed E-state index contributed by atoms with van der Waals surface area (Å²) in [6.45, 7) is 0. The van der Waals surface area contributed by atoms with Crippen molar-refractivity contribution < 1.29 is 15.0 Å². The standard InChI is InChI=1S/C30H31N5O4/c36-20-34(24-7-3-1-4-8-24)29-28(30(39)35(33-29)25-9-5-2-6-10-25)32-31-23-15-12-21(13-16-23)11-14-22-19-26(37)17-18-27(22)38/h2,5-6,9-10,12-13,15-20,24,33,37-38H,1,3-4,7-8,11,14H2. The fourth-order valence-electron chi connectivity index (χ4n) is 5.01. The van der Waals surface area contributed by atoms with Gasteiger partial charge in [-0.25, -0.2) is 4.68 Å². The minimum absolute atomic E-state index is 0.00211. The monoisotopic (exact) mass is 525 g/mol. The van der Waals surface area contributed by atoms with E-state index in [1.165, 1.54) is 16.8 Å². The van der Waals surface area contributed by atoms with Gasteiger partial charge in [0.05, 0.1) is 11.4 Å². The van der Waals surface area contributed by atoms with Gasteiger partial charge in [0.2, 0.25) is 6.41 Å². The zero-order valence-corrected chi connectivity index (χ0v) is 21.5. The van der Waals surface area contributed by atoms with Gasteiger partial charge in [0.1, 0.15) is 11.5 Å². The Kier molecular flexibility index (Phi) is 7.86. The highest BCUT2D eigenvalue weighted by atomic mass is 16.3. The van der Waals surface area contributed by atoms with Crippen molar-refractivity contribution in [3.63, 3.8) is 0 Å². The molecule has 1 fully saturated rings. The summed E-state index contributed by atoms with van der Waals surface area (Å²) in [5.41, 5.74) is 2.60. The fourth-order valence-corrected chi connectivity index (χ4v) is 5.01. The lowest BCUT2D eigenvalue weighted by Crippen LogP contribution is -2.36. The van der Waals surface area contributed by atoms with Crippen LogP contribution in [-0.2, 0) is 17.6 Å². The van der Waals surface area contributed by atoms with Crippen LogP contribution in [0.4, 0.5) is 17.2 Å². The van der Waals surface area contributed by atoms with Gasteiger partial charge in [0.15, 0.2) is 11.5 Å². The molecule has 0 unspecified atom stereocenters. The van der Waals surface area contributed by atoms with Crippen LogP contribution in [-0.4, -0.2) is 32.4 Å². The van der Waals surface area contributed by atoms with E-state index in [1.807, 2.05) is 54.6 Å². The molecule has 5 rings (SSSR count). The van der Waals surface area contributed by atoms with Crippen LogP contribution in [0.25, 0.3) is 5.69 Å². The van der Waals surface area contributed by atoms with Crippen LogP contribution < -0.4 is 10.5 Å². The van der Waals surface area contributed by atoms with Crippen LogP contribution in [0.2, 0.25) is 0 Å². The first-order valence-corrected chi connectivity index (χ1v) is 13.2. The lowest BCUT2D eigenvalue weighted by atomic mass is 9.94. The van der Waals surface area contributed by atoms with E-state index < -0.39 is 0 Å². The summed E-state index contributed by atoms with van der Waals surface area (Å²) in [5, 5.41) is 31.4. The number of aromatic nitrogens is 2. The van der Waals surface area contributed by atoms with Gasteiger partial charge in [-0.15, -0.1) is 5.11 Å². The summed E-state index contributed by atoms with van der Waals surface area (Å²) >= 11 is 0. The Labute approximate surface area is 226 Å². The number of rotatable bonds is 9. The zero-order valence-electron chi connectivity index (χ0n) is 21.5. The molecule has 3 aromatic carbocycles. The van der Waals surface area contributed by atoms with Crippen LogP contribution in [0, 0.1) is 0 Å². The molecule has 1 aliphatic carbocycles. The predicted molar refractivity (Wildman–Crippen MR) is 150 cm³/mol. The summed E-state index contributed by atoms with van der Waals surface area (Å²) in [6, 6.07) is 21.1. The molecule has 0 radical (unpaired) electrons. The van der Waals surface area contributed by atoms with E-state index in [-0.39, 0.29) is 28.8 Å². The van der Waals surface area contributed by atoms with Gasteiger partial charge in [-0.3, -0.25) is 19.6 Å². The number of hydrogen-bond donors (Lipinski definition) is 3. The second kappa shape index (κ2) is 11.8. The smallest absolute Gasteiger partial charge is 0.301 e. The first kappa shape index (κ1) is 26.0. The number of phenolic OH excluding ortho intramolecular Hbond substituents is 2. The Morgan fingerprint density at radius 2 is 1.67 bits per heavy atom. The van der Waals surface area contributed by atoms with Crippen LogP contribution in [0.5, 0.6) is 11.5 Å². The van der Waals surface area contributed by atoms with Crippen molar-refractivity contribution in [2.45, 2.75) is 51.0 Å². The van der Waals surface area contributed by atoms with E-state index in [4.69, 9.17) is 0 Å². The Balaban J connectivity index is 1.40. The second-order valence-corrected chi connectivity index (χ2v) is 9.77. The molecule has 0 aliphatic heterocycles. The van der Waals surface area contributed by atoms with Gasteiger partial charge >= 0.3 is 5.56 Å². The molecule has 3 N–H and O–H groups in total. The SMILES string of the molecule is O=CN(c1[nH]n(-c2ccccc2)c(=O)c1N=Nc1ccc(CCc2cc(O)ccc2O)cc1)C1CCCCC1. The number of amides is 1. The normalized spacial score (nSPS) is 14.1. The summed E-state index contributed by atoms with van der Waals surface area (Å²) in [4.78, 5) is 27.3. The van der Waals surface area contributed by atoms with E-state index in [9.17, 15) is 19.8 Å². The predicted octanol–water partition coefficient (Wildman–Crippen LogP) is 6.07. The van der Waals surface area contributed by atoms with Crippen molar-refractivity contribution in [1.82, 2.24) is 9.78 Å². The van der Waals surface area contributed by atoms with Gasteiger partial charge in [0.25, 0.3) is 0 Å². The Hall–Kier alpha value is -4.66. The van der Waals surface area contributed by atoms with E-state index in [0.29, 0.717) is 35.6 Å². The van der Waals surface area contributed by atoms with E-state index >= 15 is 0 Å². The van der Waals surface area contributed by atoms with E-state index in [0.717, 1.165) is 44.1 Å². The van der Waals surface area contributed by atoms with Gasteiger partial charge in [0, 0.05) is 6.04 Å². The maximum Gasteiger partial charge on any atom is 0.301 e. The maximum atomic E-state index is 13.4. The molecule has 1 heterocycles.